The van der Waals surface area contributed by atoms with E-state index in [1.165, 1.54) is 11.8 Å². The van der Waals surface area contributed by atoms with Crippen LogP contribution in [0.3, 0.4) is 0 Å². The molecule has 4 aromatic rings. The first-order valence-electron chi connectivity index (χ1n) is 7.36. The summed E-state index contributed by atoms with van der Waals surface area (Å²) in [6.45, 7) is 0. The molecule has 0 aliphatic rings. The molecule has 7 heteroatoms. The van der Waals surface area contributed by atoms with Gasteiger partial charge in [0.1, 0.15) is 11.5 Å². The van der Waals surface area contributed by atoms with E-state index in [1.54, 1.807) is 30.6 Å². The first kappa shape index (κ1) is 21.7. The van der Waals surface area contributed by atoms with Crippen LogP contribution in [0.15, 0.2) is 88.9 Å². The summed E-state index contributed by atoms with van der Waals surface area (Å²) in [5.74, 6) is 0.455. The predicted octanol–water partition coefficient (Wildman–Crippen LogP) is 5.66. The standard InChI is InChI=1S/C12H10O2S.C7H6N2.2ClH/c13-9-5-1-3-7-11(9)15-12-8-4-2-6-10(12)14;1-2-4-7-6(3-1)8-5-9-7;;/h1-8,13-14H;1-5H,(H,8,9);2*1H. The average molecular weight is 409 g/mol. The predicted molar refractivity (Wildman–Crippen MR) is 111 cm³/mol. The highest BCUT2D eigenvalue weighted by molar-refractivity contribution is 7.99. The number of phenolic OH excluding ortho intramolecular Hbond substituents is 2. The van der Waals surface area contributed by atoms with Gasteiger partial charge in [-0.2, -0.15) is 0 Å². The van der Waals surface area contributed by atoms with Crippen molar-refractivity contribution in [1.82, 2.24) is 9.97 Å². The normalized spacial score (nSPS) is 9.38. The van der Waals surface area contributed by atoms with Crippen LogP contribution in [-0.2, 0) is 0 Å². The van der Waals surface area contributed by atoms with Crippen LogP contribution in [0.1, 0.15) is 0 Å². The molecule has 0 aliphatic carbocycles. The van der Waals surface area contributed by atoms with Gasteiger partial charge in [0.25, 0.3) is 0 Å². The highest BCUT2D eigenvalue weighted by atomic mass is 35.5. The van der Waals surface area contributed by atoms with E-state index in [1.807, 2.05) is 48.5 Å². The van der Waals surface area contributed by atoms with E-state index in [4.69, 9.17) is 0 Å². The van der Waals surface area contributed by atoms with Crippen molar-refractivity contribution in [2.75, 3.05) is 0 Å². The molecular weight excluding hydrogens is 391 g/mol. The molecule has 0 aliphatic heterocycles. The SMILES string of the molecule is Cl.Cl.Oc1ccccc1Sc1ccccc1O.c1ccc2[nH]cnc2c1. The molecule has 1 aromatic heterocycles. The Morgan fingerprint density at radius 2 is 1.19 bits per heavy atom. The van der Waals surface area contributed by atoms with E-state index < -0.39 is 0 Å². The van der Waals surface area contributed by atoms with Crippen molar-refractivity contribution in [3.05, 3.63) is 79.1 Å². The monoisotopic (exact) mass is 408 g/mol. The van der Waals surface area contributed by atoms with Crippen molar-refractivity contribution in [2.24, 2.45) is 0 Å². The number of benzene rings is 3. The van der Waals surface area contributed by atoms with Crippen LogP contribution in [0.2, 0.25) is 0 Å². The molecule has 3 N–H and O–H groups in total. The quantitative estimate of drug-likeness (QED) is 0.400. The van der Waals surface area contributed by atoms with Crippen molar-refractivity contribution in [3.63, 3.8) is 0 Å². The van der Waals surface area contributed by atoms with Crippen molar-refractivity contribution < 1.29 is 10.2 Å². The molecule has 4 nitrogen and oxygen atoms in total. The number of fused-ring (bicyclic) bond motifs is 1. The van der Waals surface area contributed by atoms with Gasteiger partial charge in [-0.1, -0.05) is 48.2 Å². The maximum atomic E-state index is 9.56. The minimum Gasteiger partial charge on any atom is -0.507 e. The van der Waals surface area contributed by atoms with E-state index in [9.17, 15) is 10.2 Å². The minimum absolute atomic E-state index is 0. The second-order valence-corrected chi connectivity index (χ2v) is 6.04. The van der Waals surface area contributed by atoms with Crippen LogP contribution < -0.4 is 0 Å². The molecule has 0 fully saturated rings. The molecule has 0 radical (unpaired) electrons. The summed E-state index contributed by atoms with van der Waals surface area (Å²) in [6.07, 6.45) is 1.70. The van der Waals surface area contributed by atoms with Gasteiger partial charge in [0.05, 0.1) is 27.2 Å². The van der Waals surface area contributed by atoms with Gasteiger partial charge in [0.2, 0.25) is 0 Å². The molecule has 0 atom stereocenters. The summed E-state index contributed by atoms with van der Waals surface area (Å²) < 4.78 is 0. The first-order chi connectivity index (χ1) is 11.7. The van der Waals surface area contributed by atoms with E-state index in [0.717, 1.165) is 20.8 Å². The minimum atomic E-state index is 0. The van der Waals surface area contributed by atoms with Gasteiger partial charge in [-0.3, -0.25) is 0 Å². The fraction of sp³-hybridized carbons (Fsp3) is 0. The zero-order valence-electron chi connectivity index (χ0n) is 13.6. The number of aromatic amines is 1. The van der Waals surface area contributed by atoms with Crippen LogP contribution in [0.4, 0.5) is 0 Å². The fourth-order valence-corrected chi connectivity index (χ4v) is 2.96. The number of hydrogen-bond acceptors (Lipinski definition) is 4. The zero-order chi connectivity index (χ0) is 16.8. The molecule has 136 valence electrons. The van der Waals surface area contributed by atoms with Crippen molar-refractivity contribution in [2.45, 2.75) is 9.79 Å². The molecule has 3 aromatic carbocycles. The van der Waals surface area contributed by atoms with Crippen LogP contribution in [0.25, 0.3) is 11.0 Å². The van der Waals surface area contributed by atoms with Gasteiger partial charge in [0.15, 0.2) is 0 Å². The number of para-hydroxylation sites is 4. The number of phenols is 2. The summed E-state index contributed by atoms with van der Waals surface area (Å²) in [5, 5.41) is 19.1. The number of halogens is 2. The number of hydrogen-bond donors (Lipinski definition) is 3. The van der Waals surface area contributed by atoms with Gasteiger partial charge in [-0.05, 0) is 36.4 Å². The average Bonchev–Trinajstić information content (AvgIpc) is 3.08. The lowest BCUT2D eigenvalue weighted by Crippen LogP contribution is -1.75. The van der Waals surface area contributed by atoms with E-state index >= 15 is 0 Å². The maximum Gasteiger partial charge on any atom is 0.129 e. The van der Waals surface area contributed by atoms with Crippen LogP contribution in [0, 0.1) is 0 Å². The maximum absolute atomic E-state index is 9.56. The molecule has 26 heavy (non-hydrogen) atoms. The molecule has 1 heterocycles. The van der Waals surface area contributed by atoms with Gasteiger partial charge < -0.3 is 15.2 Å². The molecule has 0 unspecified atom stereocenters. The number of nitrogens with one attached hydrogen (secondary N) is 1. The molecular formula is C19H18Cl2N2O2S. The Morgan fingerprint density at radius 1 is 0.692 bits per heavy atom. The lowest BCUT2D eigenvalue weighted by molar-refractivity contribution is 0.460. The summed E-state index contributed by atoms with van der Waals surface area (Å²) in [5.41, 5.74) is 2.12. The smallest absolute Gasteiger partial charge is 0.129 e. The van der Waals surface area contributed by atoms with Crippen LogP contribution in [-0.4, -0.2) is 20.2 Å². The summed E-state index contributed by atoms with van der Waals surface area (Å²) in [7, 11) is 0. The zero-order valence-corrected chi connectivity index (χ0v) is 16.0. The second-order valence-electron chi connectivity index (χ2n) is 4.96. The Morgan fingerprint density at radius 3 is 1.73 bits per heavy atom. The Bertz CT molecular complexity index is 874. The Labute approximate surface area is 168 Å². The Kier molecular flexibility index (Phi) is 8.85. The summed E-state index contributed by atoms with van der Waals surface area (Å²) >= 11 is 1.34. The molecule has 0 saturated heterocycles. The Balaban J connectivity index is 0.000000266. The van der Waals surface area contributed by atoms with Gasteiger partial charge in [-0.25, -0.2) is 4.98 Å². The highest BCUT2D eigenvalue weighted by Crippen LogP contribution is 2.37. The first-order valence-corrected chi connectivity index (χ1v) is 8.17. The number of imidazole rings is 1. The second kappa shape index (κ2) is 10.6. The third-order valence-corrected chi connectivity index (χ3v) is 4.41. The van der Waals surface area contributed by atoms with E-state index in [2.05, 4.69) is 9.97 Å². The van der Waals surface area contributed by atoms with Crippen molar-refractivity contribution in [3.8, 4) is 11.5 Å². The largest absolute Gasteiger partial charge is 0.507 e. The van der Waals surface area contributed by atoms with Gasteiger partial charge in [0, 0.05) is 0 Å². The number of aromatic nitrogens is 2. The topological polar surface area (TPSA) is 69.1 Å². The van der Waals surface area contributed by atoms with Crippen LogP contribution >= 0.6 is 36.6 Å². The van der Waals surface area contributed by atoms with Gasteiger partial charge >= 0.3 is 0 Å². The van der Waals surface area contributed by atoms with Crippen molar-refractivity contribution in [1.29, 1.82) is 0 Å². The number of rotatable bonds is 2. The highest BCUT2D eigenvalue weighted by Gasteiger charge is 2.05. The molecule has 4 rings (SSSR count). The third-order valence-electron chi connectivity index (χ3n) is 3.28. The van der Waals surface area contributed by atoms with Crippen LogP contribution in [0.5, 0.6) is 11.5 Å². The number of nitrogens with zero attached hydrogens (tertiary/aromatic N) is 1. The van der Waals surface area contributed by atoms with E-state index in [-0.39, 0.29) is 36.3 Å². The third kappa shape index (κ3) is 5.59. The number of aromatic hydroxyl groups is 2. The fourth-order valence-electron chi connectivity index (χ4n) is 2.09. The summed E-state index contributed by atoms with van der Waals surface area (Å²) in [4.78, 5) is 8.54. The number of H-pyrrole nitrogens is 1. The Hall–Kier alpha value is -2.34. The molecule has 0 spiro atoms. The lowest BCUT2D eigenvalue weighted by atomic mass is 10.3. The molecule has 0 saturated carbocycles. The van der Waals surface area contributed by atoms with Gasteiger partial charge in [-0.15, -0.1) is 24.8 Å². The lowest BCUT2D eigenvalue weighted by Gasteiger charge is -2.05. The summed E-state index contributed by atoms with van der Waals surface area (Å²) in [6, 6.07) is 22.1. The van der Waals surface area contributed by atoms with Crippen molar-refractivity contribution >= 4 is 47.6 Å². The molecule has 0 bridgehead atoms. The van der Waals surface area contributed by atoms with E-state index in [0.29, 0.717) is 0 Å². The molecule has 0 amide bonds.